The Kier molecular flexibility index (Phi) is 4.54. The molecule has 0 aliphatic heterocycles. The molecule has 1 amide bonds. The summed E-state index contributed by atoms with van der Waals surface area (Å²) in [5.41, 5.74) is 4.17. The van der Waals surface area contributed by atoms with E-state index in [2.05, 4.69) is 11.5 Å². The van der Waals surface area contributed by atoms with Crippen LogP contribution in [0.2, 0.25) is 0 Å². The molecule has 21 heavy (non-hydrogen) atoms. The van der Waals surface area contributed by atoms with Gasteiger partial charge in [-0.15, -0.1) is 0 Å². The number of hydrogen-bond donors (Lipinski definition) is 2. The second-order valence-electron chi connectivity index (χ2n) is 4.56. The minimum Gasteiger partial charge on any atom is -0.358 e. The Balaban J connectivity index is 2.47. The third-order valence-corrected chi connectivity index (χ3v) is 3.30. The van der Waals surface area contributed by atoms with Crippen molar-refractivity contribution in [2.45, 2.75) is 6.04 Å². The van der Waals surface area contributed by atoms with Crippen LogP contribution >= 0.6 is 0 Å². The van der Waals surface area contributed by atoms with Gasteiger partial charge in [0.15, 0.2) is 0 Å². The van der Waals surface area contributed by atoms with Gasteiger partial charge in [0.2, 0.25) is 0 Å². The number of anilines is 1. The number of carbonyl (C=O) groups is 1. The first-order chi connectivity index (χ1) is 10.2. The van der Waals surface area contributed by atoms with Crippen molar-refractivity contribution in [3.63, 3.8) is 0 Å². The molecule has 1 unspecified atom stereocenters. The number of nitrogens with one attached hydrogen (secondary N) is 1. The zero-order valence-corrected chi connectivity index (χ0v) is 11.7. The summed E-state index contributed by atoms with van der Waals surface area (Å²) in [6.45, 7) is 0. The van der Waals surface area contributed by atoms with Crippen LogP contribution in [0.25, 0.3) is 0 Å². The van der Waals surface area contributed by atoms with E-state index in [9.17, 15) is 10.1 Å². The number of hydrazine groups is 1. The Bertz CT molecular complexity index is 663. The first-order valence-electron chi connectivity index (χ1n) is 6.46. The second-order valence-corrected chi connectivity index (χ2v) is 4.56. The molecule has 0 fully saturated rings. The van der Waals surface area contributed by atoms with Crippen molar-refractivity contribution >= 4 is 11.6 Å². The van der Waals surface area contributed by atoms with E-state index in [0.717, 1.165) is 5.56 Å². The highest BCUT2D eigenvalue weighted by atomic mass is 16.2. The van der Waals surface area contributed by atoms with E-state index < -0.39 is 6.04 Å². The fourth-order valence-electron chi connectivity index (χ4n) is 2.28. The molecule has 106 valence electrons. The van der Waals surface area contributed by atoms with Crippen molar-refractivity contribution in [1.29, 1.82) is 5.26 Å². The zero-order valence-electron chi connectivity index (χ0n) is 11.7. The minimum atomic E-state index is -0.606. The third kappa shape index (κ3) is 3.02. The largest absolute Gasteiger partial charge is 0.358 e. The molecule has 0 bridgehead atoms. The zero-order chi connectivity index (χ0) is 15.2. The summed E-state index contributed by atoms with van der Waals surface area (Å²) in [4.78, 5) is 13.9. The van der Waals surface area contributed by atoms with E-state index in [0.29, 0.717) is 11.3 Å². The Labute approximate surface area is 123 Å². The van der Waals surface area contributed by atoms with Gasteiger partial charge >= 0.3 is 0 Å². The Morgan fingerprint density at radius 1 is 1.19 bits per heavy atom. The molecule has 0 heterocycles. The van der Waals surface area contributed by atoms with Gasteiger partial charge in [0, 0.05) is 7.05 Å². The summed E-state index contributed by atoms with van der Waals surface area (Å²) in [6, 6.07) is 18.0. The number of nitrogens with zero attached hydrogens (tertiary/aromatic N) is 2. The number of amides is 1. The van der Waals surface area contributed by atoms with Crippen LogP contribution in [0.1, 0.15) is 17.2 Å². The highest BCUT2D eigenvalue weighted by Crippen LogP contribution is 2.28. The molecule has 0 radical (unpaired) electrons. The van der Waals surface area contributed by atoms with Crippen molar-refractivity contribution < 1.29 is 4.79 Å². The van der Waals surface area contributed by atoms with Crippen LogP contribution in [0.3, 0.4) is 0 Å². The maximum Gasteiger partial charge on any atom is 0.261 e. The van der Waals surface area contributed by atoms with Crippen LogP contribution in [0.5, 0.6) is 0 Å². The maximum absolute atomic E-state index is 12.2. The predicted molar refractivity (Wildman–Crippen MR) is 81.1 cm³/mol. The van der Waals surface area contributed by atoms with Gasteiger partial charge in [0.25, 0.3) is 5.91 Å². The quantitative estimate of drug-likeness (QED) is 0.507. The number of carbonyl (C=O) groups excluding carboxylic acids is 1. The molecular weight excluding hydrogens is 264 g/mol. The molecule has 2 rings (SSSR count). The van der Waals surface area contributed by atoms with Gasteiger partial charge in [-0.2, -0.15) is 5.26 Å². The summed E-state index contributed by atoms with van der Waals surface area (Å²) in [6.07, 6.45) is 0. The van der Waals surface area contributed by atoms with Crippen LogP contribution < -0.4 is 16.2 Å². The Hall–Kier alpha value is -2.84. The fraction of sp³-hybridized carbons (Fsp3) is 0.125. The SMILES string of the molecule is CN(c1ccccc1C#N)C(C(=O)NN)c1ccccc1. The number of hydrogen-bond acceptors (Lipinski definition) is 4. The molecule has 5 nitrogen and oxygen atoms in total. The lowest BCUT2D eigenvalue weighted by Crippen LogP contribution is -2.42. The van der Waals surface area contributed by atoms with Gasteiger partial charge in [0.05, 0.1) is 11.3 Å². The van der Waals surface area contributed by atoms with E-state index >= 15 is 0 Å². The highest BCUT2D eigenvalue weighted by Gasteiger charge is 2.26. The number of nitriles is 1. The van der Waals surface area contributed by atoms with E-state index in [1.807, 2.05) is 36.4 Å². The van der Waals surface area contributed by atoms with Crippen molar-refractivity contribution in [1.82, 2.24) is 5.43 Å². The molecule has 0 spiro atoms. The average molecular weight is 280 g/mol. The molecular formula is C16H16N4O. The van der Waals surface area contributed by atoms with Crippen molar-refractivity contribution in [2.24, 2.45) is 5.84 Å². The third-order valence-electron chi connectivity index (χ3n) is 3.30. The lowest BCUT2D eigenvalue weighted by molar-refractivity contribution is -0.122. The highest BCUT2D eigenvalue weighted by molar-refractivity contribution is 5.86. The first kappa shape index (κ1) is 14.6. The van der Waals surface area contributed by atoms with Crippen molar-refractivity contribution in [3.05, 3.63) is 65.7 Å². The monoisotopic (exact) mass is 280 g/mol. The van der Waals surface area contributed by atoms with Crippen molar-refractivity contribution in [3.8, 4) is 6.07 Å². The summed E-state index contributed by atoms with van der Waals surface area (Å²) in [7, 11) is 1.77. The fourth-order valence-corrected chi connectivity index (χ4v) is 2.28. The van der Waals surface area contributed by atoms with Gasteiger partial charge in [-0.25, -0.2) is 5.84 Å². The van der Waals surface area contributed by atoms with Gasteiger partial charge < -0.3 is 4.90 Å². The molecule has 3 N–H and O–H groups in total. The van der Waals surface area contributed by atoms with E-state index in [4.69, 9.17) is 5.84 Å². The lowest BCUT2D eigenvalue weighted by Gasteiger charge is -2.29. The van der Waals surface area contributed by atoms with Crippen LogP contribution in [0, 0.1) is 11.3 Å². The molecule has 0 saturated heterocycles. The number of benzene rings is 2. The maximum atomic E-state index is 12.2. The molecule has 2 aromatic rings. The number of nitrogens with two attached hydrogens (primary N) is 1. The summed E-state index contributed by atoms with van der Waals surface area (Å²) in [5.74, 6) is 4.97. The second kappa shape index (κ2) is 6.55. The number of likely N-dealkylation sites (N-methyl/N-ethyl adjacent to an activating group) is 1. The van der Waals surface area contributed by atoms with Gasteiger partial charge in [-0.05, 0) is 17.7 Å². The van der Waals surface area contributed by atoms with Crippen molar-refractivity contribution in [2.75, 3.05) is 11.9 Å². The first-order valence-corrected chi connectivity index (χ1v) is 6.46. The van der Waals surface area contributed by atoms with E-state index in [1.54, 1.807) is 30.1 Å². The molecule has 1 atom stereocenters. The Morgan fingerprint density at radius 2 is 1.81 bits per heavy atom. The smallest absolute Gasteiger partial charge is 0.261 e. The number of rotatable bonds is 4. The average Bonchev–Trinajstić information content (AvgIpc) is 2.55. The molecule has 0 aliphatic carbocycles. The van der Waals surface area contributed by atoms with Crippen LogP contribution in [0.4, 0.5) is 5.69 Å². The van der Waals surface area contributed by atoms with E-state index in [1.165, 1.54) is 0 Å². The molecule has 0 saturated carbocycles. The summed E-state index contributed by atoms with van der Waals surface area (Å²) >= 11 is 0. The normalized spacial score (nSPS) is 11.3. The van der Waals surface area contributed by atoms with Gasteiger partial charge in [0.1, 0.15) is 12.1 Å². The summed E-state index contributed by atoms with van der Waals surface area (Å²) in [5, 5.41) is 9.21. The molecule has 0 aromatic heterocycles. The minimum absolute atomic E-state index is 0.337. The van der Waals surface area contributed by atoms with Gasteiger partial charge in [-0.1, -0.05) is 42.5 Å². The molecule has 0 aliphatic rings. The van der Waals surface area contributed by atoms with E-state index in [-0.39, 0.29) is 5.91 Å². The lowest BCUT2D eigenvalue weighted by atomic mass is 10.0. The van der Waals surface area contributed by atoms with Crippen LogP contribution in [-0.4, -0.2) is 13.0 Å². The van der Waals surface area contributed by atoms with Crippen LogP contribution in [-0.2, 0) is 4.79 Å². The molecule has 2 aromatic carbocycles. The van der Waals surface area contributed by atoms with Gasteiger partial charge in [-0.3, -0.25) is 10.2 Å². The summed E-state index contributed by atoms with van der Waals surface area (Å²) < 4.78 is 0. The predicted octanol–water partition coefficient (Wildman–Crippen LogP) is 1.73. The molecule has 5 heteroatoms. The number of para-hydroxylation sites is 1. The Morgan fingerprint density at radius 3 is 2.43 bits per heavy atom. The standard InChI is InChI=1S/C16H16N4O/c1-20(14-10-6-5-9-13(14)11-17)15(16(21)19-18)12-7-3-2-4-8-12/h2-10,15H,18H2,1H3,(H,19,21). The topological polar surface area (TPSA) is 82.2 Å². The van der Waals surface area contributed by atoms with Crippen LogP contribution in [0.15, 0.2) is 54.6 Å².